The van der Waals surface area contributed by atoms with Gasteiger partial charge in [0.05, 0.1) is 12.2 Å². The molecule has 1 aromatic heterocycles. The quantitative estimate of drug-likeness (QED) is 0.482. The molecule has 0 bridgehead atoms. The van der Waals surface area contributed by atoms with Crippen molar-refractivity contribution < 1.29 is 0 Å². The average Bonchev–Trinajstić information content (AvgIpc) is 2.93. The predicted molar refractivity (Wildman–Crippen MR) is 87.7 cm³/mol. The van der Waals surface area contributed by atoms with Crippen LogP contribution in [-0.2, 0) is 6.54 Å². The van der Waals surface area contributed by atoms with Crippen LogP contribution in [0.25, 0.3) is 0 Å². The SMILES string of the molecule is CC(C)(C)NC(N)=NCc1nc(C2CC2)cs1.I. The molecule has 0 aliphatic heterocycles. The number of hydrogen-bond donors (Lipinski definition) is 2. The second-order valence-electron chi connectivity index (χ2n) is 5.52. The smallest absolute Gasteiger partial charge is 0.189 e. The van der Waals surface area contributed by atoms with Gasteiger partial charge in [-0.25, -0.2) is 9.98 Å². The maximum absolute atomic E-state index is 5.80. The predicted octanol–water partition coefficient (Wildman–Crippen LogP) is 2.84. The van der Waals surface area contributed by atoms with Crippen molar-refractivity contribution in [3.05, 3.63) is 16.1 Å². The third kappa shape index (κ3) is 5.09. The standard InChI is InChI=1S/C12H20N4S.HI/c1-12(2,3)16-11(13)14-6-10-15-9(7-17-10)8-4-5-8;/h7-8H,4-6H2,1-3H3,(H3,13,14,16);1H. The summed E-state index contributed by atoms with van der Waals surface area (Å²) in [7, 11) is 0. The Bertz CT molecular complexity index is 418. The molecule has 2 rings (SSSR count). The molecule has 6 heteroatoms. The Morgan fingerprint density at radius 2 is 2.22 bits per heavy atom. The van der Waals surface area contributed by atoms with E-state index in [9.17, 15) is 0 Å². The minimum atomic E-state index is -0.0460. The number of hydrogen-bond acceptors (Lipinski definition) is 3. The van der Waals surface area contributed by atoms with E-state index >= 15 is 0 Å². The fourth-order valence-electron chi connectivity index (χ4n) is 1.54. The number of thiazole rings is 1. The lowest BCUT2D eigenvalue weighted by Crippen LogP contribution is -2.44. The molecule has 1 aromatic rings. The Morgan fingerprint density at radius 1 is 1.56 bits per heavy atom. The first-order valence-corrected chi connectivity index (χ1v) is 6.84. The Hall–Kier alpha value is -0.370. The van der Waals surface area contributed by atoms with E-state index in [-0.39, 0.29) is 29.5 Å². The monoisotopic (exact) mass is 380 g/mol. The second-order valence-corrected chi connectivity index (χ2v) is 6.46. The average molecular weight is 380 g/mol. The minimum absolute atomic E-state index is 0. The van der Waals surface area contributed by atoms with Crippen molar-refractivity contribution in [2.45, 2.75) is 51.6 Å². The first-order chi connectivity index (χ1) is 7.94. The number of nitrogens with zero attached hydrogens (tertiary/aromatic N) is 2. The fourth-order valence-corrected chi connectivity index (χ4v) is 2.34. The molecular formula is C12H21IN4S. The van der Waals surface area contributed by atoms with Crippen molar-refractivity contribution in [2.75, 3.05) is 0 Å². The number of aromatic nitrogens is 1. The second kappa shape index (κ2) is 6.18. The number of nitrogens with two attached hydrogens (primary N) is 1. The Labute approximate surface area is 129 Å². The van der Waals surface area contributed by atoms with Crippen LogP contribution in [0.4, 0.5) is 0 Å². The molecule has 102 valence electrons. The van der Waals surface area contributed by atoms with E-state index in [1.165, 1.54) is 18.5 Å². The largest absolute Gasteiger partial charge is 0.370 e. The molecule has 3 N–H and O–H groups in total. The zero-order chi connectivity index (χ0) is 12.5. The number of nitrogens with one attached hydrogen (secondary N) is 1. The van der Waals surface area contributed by atoms with Crippen LogP contribution in [0.3, 0.4) is 0 Å². The molecule has 0 amide bonds. The van der Waals surface area contributed by atoms with Gasteiger partial charge in [-0.1, -0.05) is 0 Å². The molecule has 1 saturated carbocycles. The number of aliphatic imine (C=N–C) groups is 1. The van der Waals surface area contributed by atoms with Gasteiger partial charge in [-0.15, -0.1) is 35.3 Å². The lowest BCUT2D eigenvalue weighted by Gasteiger charge is -2.20. The van der Waals surface area contributed by atoms with Gasteiger partial charge >= 0.3 is 0 Å². The van der Waals surface area contributed by atoms with Crippen LogP contribution in [0, 0.1) is 0 Å². The molecule has 1 fully saturated rings. The minimum Gasteiger partial charge on any atom is -0.370 e. The maximum Gasteiger partial charge on any atom is 0.189 e. The summed E-state index contributed by atoms with van der Waals surface area (Å²) in [6.45, 7) is 6.75. The number of rotatable bonds is 3. The molecule has 0 unspecified atom stereocenters. The van der Waals surface area contributed by atoms with E-state index in [0.717, 1.165) is 5.01 Å². The van der Waals surface area contributed by atoms with Gasteiger partial charge in [0, 0.05) is 16.8 Å². The summed E-state index contributed by atoms with van der Waals surface area (Å²) in [6, 6.07) is 0. The molecule has 1 aliphatic rings. The van der Waals surface area contributed by atoms with E-state index in [2.05, 4.69) is 41.4 Å². The third-order valence-electron chi connectivity index (χ3n) is 2.45. The molecule has 0 radical (unpaired) electrons. The van der Waals surface area contributed by atoms with Crippen LogP contribution in [0.5, 0.6) is 0 Å². The van der Waals surface area contributed by atoms with Crippen LogP contribution in [0.1, 0.15) is 50.2 Å². The zero-order valence-corrected chi connectivity index (χ0v) is 14.2. The van der Waals surface area contributed by atoms with Crippen molar-refractivity contribution in [2.24, 2.45) is 10.7 Å². The zero-order valence-electron chi connectivity index (χ0n) is 11.1. The topological polar surface area (TPSA) is 63.3 Å². The summed E-state index contributed by atoms with van der Waals surface area (Å²) in [5.41, 5.74) is 6.99. The van der Waals surface area contributed by atoms with Gasteiger partial charge in [0.25, 0.3) is 0 Å². The summed E-state index contributed by atoms with van der Waals surface area (Å²) in [4.78, 5) is 8.87. The maximum atomic E-state index is 5.80. The van der Waals surface area contributed by atoms with Crippen LogP contribution in [0.2, 0.25) is 0 Å². The van der Waals surface area contributed by atoms with Crippen molar-refractivity contribution in [3.8, 4) is 0 Å². The third-order valence-corrected chi connectivity index (χ3v) is 3.30. The molecule has 4 nitrogen and oxygen atoms in total. The van der Waals surface area contributed by atoms with Gasteiger partial charge in [-0.05, 0) is 33.6 Å². The van der Waals surface area contributed by atoms with E-state index in [4.69, 9.17) is 5.73 Å². The van der Waals surface area contributed by atoms with Gasteiger partial charge in [-0.2, -0.15) is 0 Å². The summed E-state index contributed by atoms with van der Waals surface area (Å²) in [5, 5.41) is 6.33. The first-order valence-electron chi connectivity index (χ1n) is 5.96. The highest BCUT2D eigenvalue weighted by molar-refractivity contribution is 14.0. The normalized spacial score (nSPS) is 16.3. The Kier molecular flexibility index (Phi) is 5.39. The van der Waals surface area contributed by atoms with Crippen LogP contribution in [-0.4, -0.2) is 16.5 Å². The molecular weight excluding hydrogens is 359 g/mol. The summed E-state index contributed by atoms with van der Waals surface area (Å²) in [5.74, 6) is 1.20. The Morgan fingerprint density at radius 3 is 2.78 bits per heavy atom. The van der Waals surface area contributed by atoms with Crippen molar-refractivity contribution >= 4 is 41.3 Å². The molecule has 1 heterocycles. The Balaban J connectivity index is 0.00000162. The number of halogens is 1. The molecule has 1 aliphatic carbocycles. The molecule has 0 saturated heterocycles. The van der Waals surface area contributed by atoms with Gasteiger partial charge in [0.1, 0.15) is 5.01 Å². The van der Waals surface area contributed by atoms with Gasteiger partial charge in [0.2, 0.25) is 0 Å². The highest BCUT2D eigenvalue weighted by atomic mass is 127. The highest BCUT2D eigenvalue weighted by Crippen LogP contribution is 2.40. The van der Waals surface area contributed by atoms with E-state index < -0.39 is 0 Å². The lowest BCUT2D eigenvalue weighted by atomic mass is 10.1. The summed E-state index contributed by atoms with van der Waals surface area (Å²) < 4.78 is 0. The summed E-state index contributed by atoms with van der Waals surface area (Å²) in [6.07, 6.45) is 2.58. The molecule has 18 heavy (non-hydrogen) atoms. The van der Waals surface area contributed by atoms with Crippen LogP contribution in [0.15, 0.2) is 10.4 Å². The van der Waals surface area contributed by atoms with E-state index in [1.54, 1.807) is 11.3 Å². The van der Waals surface area contributed by atoms with Gasteiger partial charge in [0.15, 0.2) is 5.96 Å². The van der Waals surface area contributed by atoms with Crippen molar-refractivity contribution in [1.29, 1.82) is 0 Å². The van der Waals surface area contributed by atoms with E-state index in [1.807, 2.05) is 0 Å². The van der Waals surface area contributed by atoms with Gasteiger partial charge in [-0.3, -0.25) is 0 Å². The van der Waals surface area contributed by atoms with Crippen LogP contribution >= 0.6 is 35.3 Å². The molecule has 0 atom stereocenters. The lowest BCUT2D eigenvalue weighted by molar-refractivity contribution is 0.508. The fraction of sp³-hybridized carbons (Fsp3) is 0.667. The summed E-state index contributed by atoms with van der Waals surface area (Å²) >= 11 is 1.68. The van der Waals surface area contributed by atoms with Gasteiger partial charge < -0.3 is 11.1 Å². The van der Waals surface area contributed by atoms with Crippen molar-refractivity contribution in [3.63, 3.8) is 0 Å². The molecule has 0 aromatic carbocycles. The van der Waals surface area contributed by atoms with Crippen LogP contribution < -0.4 is 11.1 Å². The first kappa shape index (κ1) is 15.7. The highest BCUT2D eigenvalue weighted by Gasteiger charge is 2.25. The molecule has 0 spiro atoms. The van der Waals surface area contributed by atoms with E-state index in [0.29, 0.717) is 18.4 Å². The number of guanidine groups is 1. The van der Waals surface area contributed by atoms with Crippen molar-refractivity contribution in [1.82, 2.24) is 10.3 Å².